The van der Waals surface area contributed by atoms with Crippen molar-refractivity contribution in [3.8, 4) is 0 Å². The standard InChI is InChI=1S/C14H21N5O2/c20-12(18-7-1-2-8-18)4-6-15-13(21)11-10-19-9-3-5-16-14(19)17-11/h10H,1-9H2,(H,15,21)(H,16,17). The van der Waals surface area contributed by atoms with Crippen LogP contribution in [-0.4, -0.2) is 52.4 Å². The van der Waals surface area contributed by atoms with Crippen LogP contribution in [0.3, 0.4) is 0 Å². The molecule has 21 heavy (non-hydrogen) atoms. The Balaban J connectivity index is 1.47. The molecule has 1 saturated heterocycles. The van der Waals surface area contributed by atoms with Gasteiger partial charge in [-0.15, -0.1) is 0 Å². The minimum atomic E-state index is -0.215. The SMILES string of the molecule is O=C(NCCC(=O)N1CCCC1)c1cn2c(n1)NCCC2. The van der Waals surface area contributed by atoms with Gasteiger partial charge in [-0.1, -0.05) is 0 Å². The van der Waals surface area contributed by atoms with Crippen molar-refractivity contribution in [1.29, 1.82) is 0 Å². The van der Waals surface area contributed by atoms with Crippen LogP contribution in [0.25, 0.3) is 0 Å². The van der Waals surface area contributed by atoms with Gasteiger partial charge in [0.25, 0.3) is 5.91 Å². The first-order chi connectivity index (χ1) is 10.2. The summed E-state index contributed by atoms with van der Waals surface area (Å²) in [5, 5.41) is 5.93. The molecular formula is C14H21N5O2. The molecule has 0 aliphatic carbocycles. The molecule has 0 atom stereocenters. The second kappa shape index (κ2) is 6.15. The number of nitrogens with zero attached hydrogens (tertiary/aromatic N) is 3. The van der Waals surface area contributed by atoms with Crippen molar-refractivity contribution in [2.75, 3.05) is 31.5 Å². The molecule has 114 valence electrons. The van der Waals surface area contributed by atoms with Gasteiger partial charge in [-0.05, 0) is 19.3 Å². The van der Waals surface area contributed by atoms with E-state index in [0.29, 0.717) is 18.7 Å². The van der Waals surface area contributed by atoms with Crippen molar-refractivity contribution in [2.45, 2.75) is 32.2 Å². The predicted molar refractivity (Wildman–Crippen MR) is 78.1 cm³/mol. The lowest BCUT2D eigenvalue weighted by Gasteiger charge is -2.14. The van der Waals surface area contributed by atoms with E-state index in [1.807, 2.05) is 9.47 Å². The van der Waals surface area contributed by atoms with E-state index in [1.165, 1.54) is 0 Å². The highest BCUT2D eigenvalue weighted by Gasteiger charge is 2.19. The zero-order valence-corrected chi connectivity index (χ0v) is 12.1. The Morgan fingerprint density at radius 2 is 2.05 bits per heavy atom. The van der Waals surface area contributed by atoms with E-state index in [0.717, 1.165) is 51.4 Å². The number of nitrogens with one attached hydrogen (secondary N) is 2. The van der Waals surface area contributed by atoms with Crippen LogP contribution in [0.5, 0.6) is 0 Å². The van der Waals surface area contributed by atoms with Crippen LogP contribution in [0.1, 0.15) is 36.2 Å². The minimum Gasteiger partial charge on any atom is -0.356 e. The first kappa shape index (κ1) is 13.9. The largest absolute Gasteiger partial charge is 0.356 e. The maximum absolute atomic E-state index is 12.0. The van der Waals surface area contributed by atoms with Gasteiger partial charge in [-0.25, -0.2) is 4.98 Å². The van der Waals surface area contributed by atoms with Crippen LogP contribution >= 0.6 is 0 Å². The molecule has 0 unspecified atom stereocenters. The molecule has 2 aliphatic rings. The van der Waals surface area contributed by atoms with Crippen LogP contribution < -0.4 is 10.6 Å². The van der Waals surface area contributed by atoms with Gasteiger partial charge in [0, 0.05) is 45.3 Å². The molecule has 0 bridgehead atoms. The van der Waals surface area contributed by atoms with Gasteiger partial charge in [0.1, 0.15) is 5.69 Å². The lowest BCUT2D eigenvalue weighted by molar-refractivity contribution is -0.129. The molecule has 1 aromatic rings. The Bertz CT molecular complexity index is 510. The molecule has 3 heterocycles. The highest BCUT2D eigenvalue weighted by Crippen LogP contribution is 2.14. The molecule has 7 nitrogen and oxygen atoms in total. The third-order valence-electron chi connectivity index (χ3n) is 3.95. The number of anilines is 1. The fraction of sp³-hybridized carbons (Fsp3) is 0.643. The van der Waals surface area contributed by atoms with Gasteiger partial charge in [0.15, 0.2) is 0 Å². The number of fused-ring (bicyclic) bond motifs is 1. The number of carbonyl (C=O) groups excluding carboxylic acids is 2. The van der Waals surface area contributed by atoms with Gasteiger partial charge < -0.3 is 20.1 Å². The molecule has 0 spiro atoms. The van der Waals surface area contributed by atoms with Crippen molar-refractivity contribution >= 4 is 17.8 Å². The van der Waals surface area contributed by atoms with E-state index in [9.17, 15) is 9.59 Å². The molecule has 3 rings (SSSR count). The van der Waals surface area contributed by atoms with E-state index in [4.69, 9.17) is 0 Å². The van der Waals surface area contributed by atoms with E-state index >= 15 is 0 Å². The number of likely N-dealkylation sites (tertiary alicyclic amines) is 1. The zero-order chi connectivity index (χ0) is 14.7. The predicted octanol–water partition coefficient (Wildman–Crippen LogP) is 0.441. The summed E-state index contributed by atoms with van der Waals surface area (Å²) in [6, 6.07) is 0. The minimum absolute atomic E-state index is 0.124. The summed E-state index contributed by atoms with van der Waals surface area (Å²) in [7, 11) is 0. The lowest BCUT2D eigenvalue weighted by Crippen LogP contribution is -2.32. The summed E-state index contributed by atoms with van der Waals surface area (Å²) >= 11 is 0. The smallest absolute Gasteiger partial charge is 0.271 e. The average Bonchev–Trinajstić information content (AvgIpc) is 3.16. The summed E-state index contributed by atoms with van der Waals surface area (Å²) in [4.78, 5) is 30.0. The second-order valence-corrected chi connectivity index (χ2v) is 5.52. The topological polar surface area (TPSA) is 79.3 Å². The number of rotatable bonds is 4. The zero-order valence-electron chi connectivity index (χ0n) is 12.1. The number of hydrogen-bond donors (Lipinski definition) is 2. The van der Waals surface area contributed by atoms with Crippen molar-refractivity contribution in [3.05, 3.63) is 11.9 Å². The Hall–Kier alpha value is -2.05. The number of imidazole rings is 1. The quantitative estimate of drug-likeness (QED) is 0.844. The van der Waals surface area contributed by atoms with Crippen LogP contribution in [-0.2, 0) is 11.3 Å². The summed E-state index contributed by atoms with van der Waals surface area (Å²) in [5.41, 5.74) is 0.410. The first-order valence-corrected chi connectivity index (χ1v) is 7.61. The molecule has 2 N–H and O–H groups in total. The molecule has 7 heteroatoms. The normalized spacial score (nSPS) is 17.2. The van der Waals surface area contributed by atoms with Crippen molar-refractivity contribution in [3.63, 3.8) is 0 Å². The summed E-state index contributed by atoms with van der Waals surface area (Å²) in [6.45, 7) is 3.85. The highest BCUT2D eigenvalue weighted by atomic mass is 16.2. The van der Waals surface area contributed by atoms with Gasteiger partial charge in [-0.3, -0.25) is 9.59 Å². The van der Waals surface area contributed by atoms with Crippen molar-refractivity contribution in [2.24, 2.45) is 0 Å². The Morgan fingerprint density at radius 1 is 1.24 bits per heavy atom. The molecule has 0 aromatic carbocycles. The van der Waals surface area contributed by atoms with Crippen LogP contribution in [0.15, 0.2) is 6.20 Å². The van der Waals surface area contributed by atoms with Gasteiger partial charge in [0.05, 0.1) is 0 Å². The molecule has 2 aliphatic heterocycles. The van der Waals surface area contributed by atoms with Crippen LogP contribution in [0.2, 0.25) is 0 Å². The van der Waals surface area contributed by atoms with Crippen LogP contribution in [0.4, 0.5) is 5.95 Å². The maximum atomic E-state index is 12.0. The monoisotopic (exact) mass is 291 g/mol. The molecule has 0 radical (unpaired) electrons. The second-order valence-electron chi connectivity index (χ2n) is 5.52. The van der Waals surface area contributed by atoms with Crippen molar-refractivity contribution < 1.29 is 9.59 Å². The molecule has 1 fully saturated rings. The number of aromatic nitrogens is 2. The van der Waals surface area contributed by atoms with Crippen molar-refractivity contribution in [1.82, 2.24) is 19.8 Å². The fourth-order valence-corrected chi connectivity index (χ4v) is 2.78. The van der Waals surface area contributed by atoms with Gasteiger partial charge >= 0.3 is 0 Å². The third kappa shape index (κ3) is 3.17. The molecule has 0 saturated carbocycles. The average molecular weight is 291 g/mol. The Kier molecular flexibility index (Phi) is 4.08. The first-order valence-electron chi connectivity index (χ1n) is 7.61. The number of amides is 2. The summed E-state index contributed by atoms with van der Waals surface area (Å²) in [5.74, 6) is 0.658. The van der Waals surface area contributed by atoms with Crippen LogP contribution in [0, 0.1) is 0 Å². The van der Waals surface area contributed by atoms with E-state index in [1.54, 1.807) is 6.20 Å². The molecule has 2 amide bonds. The van der Waals surface area contributed by atoms with E-state index < -0.39 is 0 Å². The maximum Gasteiger partial charge on any atom is 0.271 e. The van der Waals surface area contributed by atoms with E-state index in [-0.39, 0.29) is 11.8 Å². The highest BCUT2D eigenvalue weighted by molar-refractivity contribution is 5.92. The number of hydrogen-bond acceptors (Lipinski definition) is 4. The summed E-state index contributed by atoms with van der Waals surface area (Å²) < 4.78 is 1.95. The molecule has 1 aromatic heterocycles. The lowest BCUT2D eigenvalue weighted by atomic mass is 10.3. The number of aryl methyl sites for hydroxylation is 1. The van der Waals surface area contributed by atoms with E-state index in [2.05, 4.69) is 15.6 Å². The fourth-order valence-electron chi connectivity index (χ4n) is 2.78. The Labute approximate surface area is 123 Å². The third-order valence-corrected chi connectivity index (χ3v) is 3.95. The Morgan fingerprint density at radius 3 is 2.81 bits per heavy atom. The number of carbonyl (C=O) groups is 2. The van der Waals surface area contributed by atoms with Gasteiger partial charge in [0.2, 0.25) is 11.9 Å². The van der Waals surface area contributed by atoms with Gasteiger partial charge in [-0.2, -0.15) is 0 Å². The molecular weight excluding hydrogens is 270 g/mol. The summed E-state index contributed by atoms with van der Waals surface area (Å²) in [6.07, 6.45) is 5.34.